The maximum atomic E-state index is 12.8. The zero-order valence-corrected chi connectivity index (χ0v) is 19.6. The van der Waals surface area contributed by atoms with Crippen LogP contribution >= 0.6 is 0 Å². The van der Waals surface area contributed by atoms with Crippen molar-refractivity contribution in [3.05, 3.63) is 58.0 Å². The number of fused-ring (bicyclic) bond motifs is 3. The van der Waals surface area contributed by atoms with Gasteiger partial charge in [-0.2, -0.15) is 13.2 Å². The largest absolute Gasteiger partial charge is 0.496 e. The van der Waals surface area contributed by atoms with Gasteiger partial charge in [0.1, 0.15) is 24.2 Å². The van der Waals surface area contributed by atoms with Gasteiger partial charge >= 0.3 is 6.18 Å². The van der Waals surface area contributed by atoms with Gasteiger partial charge in [0, 0.05) is 47.1 Å². The molecule has 36 heavy (non-hydrogen) atoms. The molecule has 0 unspecified atom stereocenters. The van der Waals surface area contributed by atoms with E-state index in [2.05, 4.69) is 9.72 Å². The van der Waals surface area contributed by atoms with E-state index in [0.29, 0.717) is 46.8 Å². The van der Waals surface area contributed by atoms with Crippen molar-refractivity contribution < 1.29 is 37.6 Å². The van der Waals surface area contributed by atoms with Crippen molar-refractivity contribution in [2.45, 2.75) is 32.2 Å². The van der Waals surface area contributed by atoms with Crippen LogP contribution in [-0.4, -0.2) is 59.0 Å². The molecular weight excluding hydrogens is 481 g/mol. The first-order valence-corrected chi connectivity index (χ1v) is 11.1. The molecule has 0 fully saturated rings. The highest BCUT2D eigenvalue weighted by molar-refractivity contribution is 5.80. The van der Waals surface area contributed by atoms with E-state index < -0.39 is 25.5 Å². The van der Waals surface area contributed by atoms with Crippen LogP contribution < -0.4 is 19.8 Å². The average molecular weight is 506 g/mol. The van der Waals surface area contributed by atoms with E-state index in [0.717, 1.165) is 11.1 Å². The number of aliphatic hydroxyl groups excluding tert-OH is 2. The minimum Gasteiger partial charge on any atom is -0.496 e. The van der Waals surface area contributed by atoms with Gasteiger partial charge in [-0.15, -0.1) is 0 Å². The summed E-state index contributed by atoms with van der Waals surface area (Å²) in [4.78, 5) is 16.8. The van der Waals surface area contributed by atoms with Crippen molar-refractivity contribution >= 4 is 0 Å². The van der Waals surface area contributed by atoms with Gasteiger partial charge in [-0.3, -0.25) is 4.79 Å². The van der Waals surface area contributed by atoms with E-state index in [1.165, 1.54) is 25.4 Å². The lowest BCUT2D eigenvalue weighted by Crippen LogP contribution is -2.28. The Labute approximate surface area is 204 Å². The Balaban J connectivity index is 1.71. The summed E-state index contributed by atoms with van der Waals surface area (Å²) in [6, 6.07) is 8.06. The number of benzene rings is 1. The van der Waals surface area contributed by atoms with Crippen molar-refractivity contribution in [3.8, 4) is 39.8 Å². The number of hydrogen-bond donors (Lipinski definition) is 2. The van der Waals surface area contributed by atoms with Crippen LogP contribution in [0, 0.1) is 6.92 Å². The van der Waals surface area contributed by atoms with Gasteiger partial charge in [0.25, 0.3) is 5.56 Å². The third-order valence-electron chi connectivity index (χ3n) is 5.87. The number of aliphatic hydroxyl groups is 2. The van der Waals surface area contributed by atoms with E-state index in [-0.39, 0.29) is 18.0 Å². The van der Waals surface area contributed by atoms with Gasteiger partial charge < -0.3 is 29.0 Å². The van der Waals surface area contributed by atoms with Crippen LogP contribution in [0.15, 0.2) is 41.3 Å². The van der Waals surface area contributed by atoms with Crippen LogP contribution in [0.4, 0.5) is 13.2 Å². The summed E-state index contributed by atoms with van der Waals surface area (Å²) in [5.74, 6) is 0.658. The van der Waals surface area contributed by atoms with E-state index >= 15 is 0 Å². The fraction of sp³-hybridized carbons (Fsp3) is 0.360. The molecule has 0 amide bonds. The van der Waals surface area contributed by atoms with Crippen LogP contribution in [-0.2, 0) is 13.0 Å². The Morgan fingerprint density at radius 1 is 1.14 bits per heavy atom. The van der Waals surface area contributed by atoms with Crippen molar-refractivity contribution in [1.82, 2.24) is 9.55 Å². The van der Waals surface area contributed by atoms with Gasteiger partial charge in [-0.05, 0) is 37.1 Å². The van der Waals surface area contributed by atoms with Crippen LogP contribution in [0.1, 0.15) is 11.1 Å². The minimum atomic E-state index is -4.46. The monoisotopic (exact) mass is 506 g/mol. The van der Waals surface area contributed by atoms with Crippen molar-refractivity contribution in [2.75, 3.05) is 26.9 Å². The Morgan fingerprint density at radius 2 is 1.92 bits per heavy atom. The summed E-state index contributed by atoms with van der Waals surface area (Å²) >= 11 is 0. The Hall–Kier alpha value is -3.57. The number of rotatable bonds is 8. The molecule has 2 aromatic heterocycles. The molecule has 8 nitrogen and oxygen atoms in total. The predicted octanol–water partition coefficient (Wildman–Crippen LogP) is 3.12. The second kappa shape index (κ2) is 10.2. The van der Waals surface area contributed by atoms with Gasteiger partial charge in [-0.1, -0.05) is 0 Å². The molecule has 1 aliphatic rings. The van der Waals surface area contributed by atoms with Gasteiger partial charge in [-0.25, -0.2) is 4.98 Å². The smallest absolute Gasteiger partial charge is 0.422 e. The Kier molecular flexibility index (Phi) is 7.23. The highest BCUT2D eigenvalue weighted by atomic mass is 19.4. The normalized spacial score (nSPS) is 13.5. The summed E-state index contributed by atoms with van der Waals surface area (Å²) in [7, 11) is 1.50. The summed E-state index contributed by atoms with van der Waals surface area (Å²) in [6.45, 7) is 0.201. The first kappa shape index (κ1) is 25.5. The molecule has 0 saturated carbocycles. The predicted molar refractivity (Wildman–Crippen MR) is 124 cm³/mol. The summed E-state index contributed by atoms with van der Waals surface area (Å²) in [5.41, 5.74) is 4.15. The first-order chi connectivity index (χ1) is 17.1. The zero-order chi connectivity index (χ0) is 26.0. The lowest BCUT2D eigenvalue weighted by molar-refractivity contribution is -0.154. The third-order valence-corrected chi connectivity index (χ3v) is 5.87. The number of ether oxygens (including phenoxy) is 3. The number of halogens is 3. The van der Waals surface area contributed by atoms with E-state index in [9.17, 15) is 23.1 Å². The zero-order valence-electron chi connectivity index (χ0n) is 19.6. The molecule has 11 heteroatoms. The molecule has 1 atom stereocenters. The number of aromatic nitrogens is 2. The van der Waals surface area contributed by atoms with Crippen molar-refractivity contribution in [1.29, 1.82) is 0 Å². The third kappa shape index (κ3) is 5.31. The van der Waals surface area contributed by atoms with Crippen LogP contribution in [0.3, 0.4) is 0 Å². The summed E-state index contributed by atoms with van der Waals surface area (Å²) < 4.78 is 54.8. The SMILES string of the molecule is COc1cc2c(cc1-c1ccc(OCC(F)(F)F)nc1)CCn1c-2c(C)c(OC[C@@H](O)CO)cc1=O. The molecule has 192 valence electrons. The molecule has 1 aromatic carbocycles. The molecule has 0 saturated heterocycles. The number of nitrogens with zero attached hydrogens (tertiary/aromatic N) is 2. The molecule has 4 rings (SSSR count). The van der Waals surface area contributed by atoms with Crippen LogP contribution in [0.5, 0.6) is 17.4 Å². The number of pyridine rings is 2. The molecule has 3 aromatic rings. The first-order valence-electron chi connectivity index (χ1n) is 11.1. The standard InChI is InChI=1S/C25H25F3N2O6/c1-14-20(35-12-17(32)11-31)9-23(33)30-6-5-15-7-18(21(34-2)8-19(15)24(14)30)16-3-4-22(29-10-16)36-13-25(26,27)28/h3-4,7-10,17,31-32H,5-6,11-13H2,1-2H3/t17-/m0/s1. The number of alkyl halides is 3. The summed E-state index contributed by atoms with van der Waals surface area (Å²) in [5, 5.41) is 18.7. The minimum absolute atomic E-state index is 0.143. The fourth-order valence-corrected chi connectivity index (χ4v) is 4.15. The Morgan fingerprint density at radius 3 is 2.56 bits per heavy atom. The second-order valence-electron chi connectivity index (χ2n) is 8.37. The molecule has 0 radical (unpaired) electrons. The summed E-state index contributed by atoms with van der Waals surface area (Å²) in [6.07, 6.45) is -3.54. The van der Waals surface area contributed by atoms with E-state index in [1.807, 2.05) is 19.1 Å². The number of methoxy groups -OCH3 is 1. The number of aryl methyl sites for hydroxylation is 1. The fourth-order valence-electron chi connectivity index (χ4n) is 4.15. The van der Waals surface area contributed by atoms with Gasteiger partial charge in [0.2, 0.25) is 5.88 Å². The maximum absolute atomic E-state index is 12.8. The molecule has 2 N–H and O–H groups in total. The Bertz CT molecular complexity index is 1310. The van der Waals surface area contributed by atoms with E-state index in [1.54, 1.807) is 10.6 Å². The van der Waals surface area contributed by atoms with Crippen LogP contribution in [0.2, 0.25) is 0 Å². The molecule has 1 aliphatic heterocycles. The molecular formula is C25H25F3N2O6. The lowest BCUT2D eigenvalue weighted by atomic mass is 9.90. The molecule has 0 spiro atoms. The molecule has 3 heterocycles. The molecule has 0 bridgehead atoms. The maximum Gasteiger partial charge on any atom is 0.422 e. The lowest BCUT2D eigenvalue weighted by Gasteiger charge is -2.26. The highest BCUT2D eigenvalue weighted by Crippen LogP contribution is 2.41. The van der Waals surface area contributed by atoms with Crippen molar-refractivity contribution in [3.63, 3.8) is 0 Å². The van der Waals surface area contributed by atoms with Crippen LogP contribution in [0.25, 0.3) is 22.4 Å². The topological polar surface area (TPSA) is 103 Å². The molecule has 0 aliphatic carbocycles. The van der Waals surface area contributed by atoms with E-state index in [4.69, 9.17) is 14.6 Å². The van der Waals surface area contributed by atoms with Gasteiger partial charge in [0.05, 0.1) is 19.4 Å². The highest BCUT2D eigenvalue weighted by Gasteiger charge is 2.29. The van der Waals surface area contributed by atoms with Crippen molar-refractivity contribution in [2.24, 2.45) is 0 Å². The number of hydrogen-bond acceptors (Lipinski definition) is 7. The average Bonchev–Trinajstić information content (AvgIpc) is 2.86. The van der Waals surface area contributed by atoms with Gasteiger partial charge in [0.15, 0.2) is 6.61 Å². The quantitative estimate of drug-likeness (QED) is 0.484. The second-order valence-corrected chi connectivity index (χ2v) is 8.37.